The number of ether oxygens (including phenoxy) is 3. The number of aryl methyl sites for hydroxylation is 1. The number of nitrogens with one attached hydrogen (secondary N) is 3. The van der Waals surface area contributed by atoms with Crippen LogP contribution in [0.15, 0.2) is 66.7 Å². The SMILES string of the molecule is COc1cc(C(=O)NC(=S)Nc2cccc(NC(=O)CCc3ccccc3)c2)cc(OC)c1OC. The summed E-state index contributed by atoms with van der Waals surface area (Å²) in [6, 6.07) is 20.0. The first-order valence-electron chi connectivity index (χ1n) is 10.8. The number of benzene rings is 3. The van der Waals surface area contributed by atoms with Crippen LogP contribution in [-0.2, 0) is 11.2 Å². The summed E-state index contributed by atoms with van der Waals surface area (Å²) in [5.74, 6) is 0.546. The molecule has 2 amide bonds. The van der Waals surface area contributed by atoms with E-state index in [1.54, 1.807) is 24.3 Å². The molecule has 0 bridgehead atoms. The second kappa shape index (κ2) is 12.4. The van der Waals surface area contributed by atoms with Gasteiger partial charge in [0.05, 0.1) is 21.3 Å². The third-order valence-electron chi connectivity index (χ3n) is 5.04. The van der Waals surface area contributed by atoms with Crippen LogP contribution in [0.3, 0.4) is 0 Å². The molecule has 0 fully saturated rings. The van der Waals surface area contributed by atoms with Crippen molar-refractivity contribution in [2.24, 2.45) is 0 Å². The number of methoxy groups -OCH3 is 3. The minimum atomic E-state index is -0.452. The maximum Gasteiger partial charge on any atom is 0.257 e. The summed E-state index contributed by atoms with van der Waals surface area (Å²) in [6.45, 7) is 0. The lowest BCUT2D eigenvalue weighted by Gasteiger charge is -2.15. The van der Waals surface area contributed by atoms with Gasteiger partial charge in [0.2, 0.25) is 11.7 Å². The van der Waals surface area contributed by atoms with E-state index in [2.05, 4.69) is 16.0 Å². The van der Waals surface area contributed by atoms with E-state index < -0.39 is 5.91 Å². The molecule has 0 atom stereocenters. The Morgan fingerprint density at radius 3 is 2.03 bits per heavy atom. The molecule has 9 heteroatoms. The van der Waals surface area contributed by atoms with Crippen molar-refractivity contribution in [3.8, 4) is 17.2 Å². The van der Waals surface area contributed by atoms with Crippen molar-refractivity contribution in [3.63, 3.8) is 0 Å². The second-order valence-corrected chi connectivity index (χ2v) is 7.85. The Bertz CT molecular complexity index is 1180. The Morgan fingerprint density at radius 2 is 1.43 bits per heavy atom. The van der Waals surface area contributed by atoms with E-state index in [-0.39, 0.29) is 16.6 Å². The summed E-state index contributed by atoms with van der Waals surface area (Å²) < 4.78 is 15.9. The standard InChI is InChI=1S/C26H27N3O5S/c1-32-21-14-18(15-22(33-2)24(21)34-3)25(31)29-26(35)28-20-11-7-10-19(16-20)27-23(30)13-12-17-8-5-4-6-9-17/h4-11,14-16H,12-13H2,1-3H3,(H,27,30)(H2,28,29,31,35). The molecule has 35 heavy (non-hydrogen) atoms. The van der Waals surface area contributed by atoms with E-state index in [1.165, 1.54) is 33.5 Å². The highest BCUT2D eigenvalue weighted by Crippen LogP contribution is 2.38. The average Bonchev–Trinajstić information content (AvgIpc) is 2.87. The first-order chi connectivity index (χ1) is 16.9. The zero-order valence-corrected chi connectivity index (χ0v) is 20.5. The van der Waals surface area contributed by atoms with Gasteiger partial charge in [-0.25, -0.2) is 0 Å². The fourth-order valence-electron chi connectivity index (χ4n) is 3.35. The van der Waals surface area contributed by atoms with Crippen LogP contribution in [0, 0.1) is 0 Å². The molecule has 0 spiro atoms. The van der Waals surface area contributed by atoms with Crippen LogP contribution in [0.2, 0.25) is 0 Å². The minimum absolute atomic E-state index is 0.0933. The van der Waals surface area contributed by atoms with Gasteiger partial charge in [-0.1, -0.05) is 36.4 Å². The summed E-state index contributed by atoms with van der Waals surface area (Å²) >= 11 is 5.29. The van der Waals surface area contributed by atoms with E-state index in [9.17, 15) is 9.59 Å². The van der Waals surface area contributed by atoms with Crippen LogP contribution >= 0.6 is 12.2 Å². The quantitative estimate of drug-likeness (QED) is 0.380. The lowest BCUT2D eigenvalue weighted by molar-refractivity contribution is -0.116. The molecule has 0 aliphatic rings. The molecule has 3 N–H and O–H groups in total. The number of rotatable bonds is 9. The van der Waals surface area contributed by atoms with E-state index in [1.807, 2.05) is 30.3 Å². The summed E-state index contributed by atoms with van der Waals surface area (Å²) in [4.78, 5) is 25.1. The Balaban J connectivity index is 1.59. The second-order valence-electron chi connectivity index (χ2n) is 7.44. The van der Waals surface area contributed by atoms with Gasteiger partial charge in [0.25, 0.3) is 5.91 Å². The van der Waals surface area contributed by atoms with Crippen molar-refractivity contribution in [2.45, 2.75) is 12.8 Å². The van der Waals surface area contributed by atoms with Gasteiger partial charge in [0, 0.05) is 23.4 Å². The Labute approximate surface area is 209 Å². The highest BCUT2D eigenvalue weighted by Gasteiger charge is 2.17. The Hall–Kier alpha value is -4.11. The number of carbonyl (C=O) groups is 2. The normalized spacial score (nSPS) is 10.1. The van der Waals surface area contributed by atoms with E-state index in [0.717, 1.165) is 5.56 Å². The van der Waals surface area contributed by atoms with E-state index in [0.29, 0.717) is 41.5 Å². The largest absolute Gasteiger partial charge is 0.493 e. The summed E-state index contributed by atoms with van der Waals surface area (Å²) in [5.41, 5.74) is 2.61. The van der Waals surface area contributed by atoms with Gasteiger partial charge >= 0.3 is 0 Å². The lowest BCUT2D eigenvalue weighted by atomic mass is 10.1. The number of hydrogen-bond donors (Lipinski definition) is 3. The zero-order valence-electron chi connectivity index (χ0n) is 19.7. The predicted octanol–water partition coefficient (Wildman–Crippen LogP) is 4.41. The summed E-state index contributed by atoms with van der Waals surface area (Å²) in [6.07, 6.45) is 1.02. The third-order valence-corrected chi connectivity index (χ3v) is 5.25. The maximum atomic E-state index is 12.7. The van der Waals surface area contributed by atoms with Gasteiger partial charge in [0.15, 0.2) is 16.6 Å². The smallest absolute Gasteiger partial charge is 0.257 e. The topological polar surface area (TPSA) is 97.9 Å². The van der Waals surface area contributed by atoms with Gasteiger partial charge in [-0.2, -0.15) is 0 Å². The van der Waals surface area contributed by atoms with Crippen molar-refractivity contribution in [1.82, 2.24) is 5.32 Å². The van der Waals surface area contributed by atoms with E-state index in [4.69, 9.17) is 26.4 Å². The molecule has 3 aromatic rings. The molecule has 0 radical (unpaired) electrons. The van der Waals surface area contributed by atoms with Crippen LogP contribution in [-0.4, -0.2) is 38.3 Å². The van der Waals surface area contributed by atoms with Crippen LogP contribution in [0.25, 0.3) is 0 Å². The van der Waals surface area contributed by atoms with Crippen molar-refractivity contribution in [3.05, 3.63) is 77.9 Å². The molecule has 182 valence electrons. The fraction of sp³-hybridized carbons (Fsp3) is 0.192. The van der Waals surface area contributed by atoms with Crippen molar-refractivity contribution >= 4 is 40.5 Å². The zero-order chi connectivity index (χ0) is 25.2. The predicted molar refractivity (Wildman–Crippen MR) is 140 cm³/mol. The van der Waals surface area contributed by atoms with Gasteiger partial charge in [-0.3, -0.25) is 14.9 Å². The van der Waals surface area contributed by atoms with Crippen molar-refractivity contribution in [2.75, 3.05) is 32.0 Å². The maximum absolute atomic E-state index is 12.7. The molecule has 3 aromatic carbocycles. The molecule has 0 saturated carbocycles. The molecule has 8 nitrogen and oxygen atoms in total. The van der Waals surface area contributed by atoms with E-state index >= 15 is 0 Å². The van der Waals surface area contributed by atoms with Crippen molar-refractivity contribution < 1.29 is 23.8 Å². The van der Waals surface area contributed by atoms with Crippen LogP contribution in [0.5, 0.6) is 17.2 Å². The molecule has 0 aliphatic heterocycles. The average molecular weight is 494 g/mol. The highest BCUT2D eigenvalue weighted by molar-refractivity contribution is 7.80. The molecular weight excluding hydrogens is 466 g/mol. The van der Waals surface area contributed by atoms with Crippen LogP contribution < -0.4 is 30.2 Å². The number of amides is 2. The molecule has 0 saturated heterocycles. The molecule has 0 unspecified atom stereocenters. The Morgan fingerprint density at radius 1 is 0.800 bits per heavy atom. The molecular formula is C26H27N3O5S. The van der Waals surface area contributed by atoms with Crippen LogP contribution in [0.1, 0.15) is 22.3 Å². The van der Waals surface area contributed by atoms with Crippen molar-refractivity contribution in [1.29, 1.82) is 0 Å². The first kappa shape index (κ1) is 25.5. The monoisotopic (exact) mass is 493 g/mol. The number of hydrogen-bond acceptors (Lipinski definition) is 6. The summed E-state index contributed by atoms with van der Waals surface area (Å²) in [7, 11) is 4.43. The lowest BCUT2D eigenvalue weighted by Crippen LogP contribution is -2.34. The van der Waals surface area contributed by atoms with Crippen LogP contribution in [0.4, 0.5) is 11.4 Å². The molecule has 0 aromatic heterocycles. The Kier molecular flexibility index (Phi) is 9.02. The number of carbonyl (C=O) groups excluding carboxylic acids is 2. The number of thiocarbonyl (C=S) groups is 1. The third kappa shape index (κ3) is 7.18. The minimum Gasteiger partial charge on any atom is -0.493 e. The van der Waals surface area contributed by atoms with Gasteiger partial charge in [-0.05, 0) is 54.5 Å². The van der Waals surface area contributed by atoms with Gasteiger partial charge < -0.3 is 24.8 Å². The highest BCUT2D eigenvalue weighted by atomic mass is 32.1. The molecule has 0 aliphatic carbocycles. The summed E-state index contributed by atoms with van der Waals surface area (Å²) in [5, 5.41) is 8.55. The van der Waals surface area contributed by atoms with Gasteiger partial charge in [-0.15, -0.1) is 0 Å². The fourth-order valence-corrected chi connectivity index (χ4v) is 3.56. The molecule has 0 heterocycles. The number of anilines is 2. The molecule has 3 rings (SSSR count). The first-order valence-corrected chi connectivity index (χ1v) is 11.2. The van der Waals surface area contributed by atoms with Gasteiger partial charge in [0.1, 0.15) is 0 Å².